The van der Waals surface area contributed by atoms with E-state index in [2.05, 4.69) is 55.4 Å². The average molecular weight is 463 g/mol. The summed E-state index contributed by atoms with van der Waals surface area (Å²) in [7, 11) is 2.21. The summed E-state index contributed by atoms with van der Waals surface area (Å²) in [6.45, 7) is 10.9. The van der Waals surface area contributed by atoms with Crippen LogP contribution in [0.4, 0.5) is 0 Å². The lowest BCUT2D eigenvalue weighted by atomic mass is 10.1. The van der Waals surface area contributed by atoms with E-state index in [1.54, 1.807) is 0 Å². The lowest BCUT2D eigenvalue weighted by Gasteiger charge is -2.25. The molecule has 1 saturated carbocycles. The molecule has 25 heavy (non-hydrogen) atoms. The van der Waals surface area contributed by atoms with Crippen LogP contribution in [0.1, 0.15) is 57.6 Å². The van der Waals surface area contributed by atoms with E-state index in [-0.39, 0.29) is 24.0 Å². The van der Waals surface area contributed by atoms with Gasteiger partial charge in [0.2, 0.25) is 0 Å². The van der Waals surface area contributed by atoms with Crippen LogP contribution in [0.25, 0.3) is 0 Å². The summed E-state index contributed by atoms with van der Waals surface area (Å²) in [6.07, 6.45) is 4.40. The zero-order valence-corrected chi connectivity index (χ0v) is 18.6. The minimum Gasteiger partial charge on any atom is -0.361 e. The topological polar surface area (TPSA) is 65.7 Å². The summed E-state index contributed by atoms with van der Waals surface area (Å²) in [5.74, 6) is 1.81. The summed E-state index contributed by atoms with van der Waals surface area (Å²) in [4.78, 5) is 7.20. The van der Waals surface area contributed by atoms with E-state index >= 15 is 0 Å². The van der Waals surface area contributed by atoms with Crippen LogP contribution in [0.3, 0.4) is 0 Å². The van der Waals surface area contributed by atoms with Crippen LogP contribution >= 0.6 is 24.0 Å². The Bertz CT molecular complexity index is 520. The number of halogens is 1. The minimum absolute atomic E-state index is 0. The number of hydrogen-bond donors (Lipinski definition) is 2. The Morgan fingerprint density at radius 3 is 2.56 bits per heavy atom. The zero-order valence-electron chi connectivity index (χ0n) is 16.3. The molecule has 1 atom stereocenters. The van der Waals surface area contributed by atoms with Gasteiger partial charge in [-0.25, -0.2) is 4.99 Å². The van der Waals surface area contributed by atoms with Gasteiger partial charge in [-0.2, -0.15) is 0 Å². The Morgan fingerprint density at radius 2 is 2.00 bits per heavy atom. The van der Waals surface area contributed by atoms with Crippen molar-refractivity contribution in [3.63, 3.8) is 0 Å². The predicted octanol–water partition coefficient (Wildman–Crippen LogP) is 2.96. The summed E-state index contributed by atoms with van der Waals surface area (Å²) >= 11 is 0. The smallest absolute Gasteiger partial charge is 0.191 e. The number of rotatable bonds is 9. The third kappa shape index (κ3) is 6.44. The van der Waals surface area contributed by atoms with E-state index in [4.69, 9.17) is 9.52 Å². The van der Waals surface area contributed by atoms with Crippen LogP contribution in [0.2, 0.25) is 0 Å². The highest BCUT2D eigenvalue weighted by molar-refractivity contribution is 14.0. The SMILES string of the molecule is CCNC(=NCc1c(CC)noc1CC)NCC(C)N(C)C1CC1.I. The molecule has 0 radical (unpaired) electrons. The second-order valence-corrected chi connectivity index (χ2v) is 6.56. The van der Waals surface area contributed by atoms with Crippen molar-refractivity contribution in [1.29, 1.82) is 0 Å². The van der Waals surface area contributed by atoms with Crippen LogP contribution in [0.15, 0.2) is 9.52 Å². The Kier molecular flexibility index (Phi) is 9.78. The largest absolute Gasteiger partial charge is 0.361 e. The molecule has 0 saturated heterocycles. The van der Waals surface area contributed by atoms with Gasteiger partial charge in [0, 0.05) is 37.2 Å². The summed E-state index contributed by atoms with van der Waals surface area (Å²) in [5.41, 5.74) is 2.16. The van der Waals surface area contributed by atoms with E-state index in [9.17, 15) is 0 Å². The molecule has 0 spiro atoms. The first-order valence-corrected chi connectivity index (χ1v) is 9.30. The van der Waals surface area contributed by atoms with Crippen molar-refractivity contribution in [3.8, 4) is 0 Å². The van der Waals surface area contributed by atoms with Crippen LogP contribution in [-0.4, -0.2) is 48.2 Å². The Labute approximate surface area is 169 Å². The number of likely N-dealkylation sites (N-methyl/N-ethyl adjacent to an activating group) is 1. The molecule has 2 N–H and O–H groups in total. The summed E-state index contributed by atoms with van der Waals surface area (Å²) < 4.78 is 5.42. The number of nitrogens with zero attached hydrogens (tertiary/aromatic N) is 3. The number of guanidine groups is 1. The monoisotopic (exact) mass is 463 g/mol. The highest BCUT2D eigenvalue weighted by atomic mass is 127. The fraction of sp³-hybridized carbons (Fsp3) is 0.778. The van der Waals surface area contributed by atoms with Crippen molar-refractivity contribution in [1.82, 2.24) is 20.7 Å². The summed E-state index contributed by atoms with van der Waals surface area (Å²) in [6, 6.07) is 1.27. The lowest BCUT2D eigenvalue weighted by Crippen LogP contribution is -2.45. The van der Waals surface area contributed by atoms with Gasteiger partial charge in [0.1, 0.15) is 5.76 Å². The van der Waals surface area contributed by atoms with Gasteiger partial charge in [-0.3, -0.25) is 4.90 Å². The van der Waals surface area contributed by atoms with Crippen molar-refractivity contribution in [3.05, 3.63) is 17.0 Å². The molecule has 1 unspecified atom stereocenters. The number of aliphatic imine (C=N–C) groups is 1. The molecule has 1 heterocycles. The van der Waals surface area contributed by atoms with Crippen LogP contribution in [0, 0.1) is 0 Å². The second-order valence-electron chi connectivity index (χ2n) is 6.56. The normalized spacial score (nSPS) is 15.8. The summed E-state index contributed by atoms with van der Waals surface area (Å²) in [5, 5.41) is 11.0. The van der Waals surface area contributed by atoms with Crippen LogP contribution in [0.5, 0.6) is 0 Å². The fourth-order valence-electron chi connectivity index (χ4n) is 2.85. The molecule has 1 aliphatic carbocycles. The molecule has 1 aromatic rings. The van der Waals surface area contributed by atoms with Crippen molar-refractivity contribution in [2.45, 2.75) is 72.0 Å². The first kappa shape index (κ1) is 22.2. The number of nitrogens with one attached hydrogen (secondary N) is 2. The van der Waals surface area contributed by atoms with Gasteiger partial charge < -0.3 is 15.2 Å². The fourth-order valence-corrected chi connectivity index (χ4v) is 2.85. The maximum absolute atomic E-state index is 5.42. The molecular formula is C18H34IN5O. The van der Waals surface area contributed by atoms with Crippen molar-refractivity contribution >= 4 is 29.9 Å². The van der Waals surface area contributed by atoms with E-state index in [0.29, 0.717) is 12.6 Å². The standard InChI is InChI=1S/C18H33N5O.HI/c1-6-16-15(17(7-2)24-22-16)12-21-18(19-8-3)20-11-13(4)23(5)14-9-10-14;/h13-14H,6-12H2,1-5H3,(H2,19,20,21);1H. The maximum Gasteiger partial charge on any atom is 0.191 e. The van der Waals surface area contributed by atoms with Crippen LogP contribution in [-0.2, 0) is 19.4 Å². The average Bonchev–Trinajstić information content (AvgIpc) is 3.36. The third-order valence-electron chi connectivity index (χ3n) is 4.73. The van der Waals surface area contributed by atoms with Crippen LogP contribution < -0.4 is 10.6 Å². The molecule has 0 amide bonds. The van der Waals surface area contributed by atoms with Crippen molar-refractivity contribution < 1.29 is 4.52 Å². The molecule has 0 aromatic carbocycles. The Balaban J connectivity index is 0.00000312. The number of aryl methyl sites for hydroxylation is 2. The first-order chi connectivity index (χ1) is 11.6. The number of hydrogen-bond acceptors (Lipinski definition) is 4. The number of aromatic nitrogens is 1. The molecule has 1 fully saturated rings. The van der Waals surface area contributed by atoms with Gasteiger partial charge in [-0.15, -0.1) is 24.0 Å². The Hall–Kier alpha value is -0.830. The van der Waals surface area contributed by atoms with Gasteiger partial charge in [-0.05, 0) is 40.2 Å². The van der Waals surface area contributed by atoms with E-state index in [1.165, 1.54) is 12.8 Å². The van der Waals surface area contributed by atoms with Gasteiger partial charge in [0.15, 0.2) is 5.96 Å². The first-order valence-electron chi connectivity index (χ1n) is 9.30. The zero-order chi connectivity index (χ0) is 17.5. The molecule has 1 aliphatic rings. The molecule has 144 valence electrons. The van der Waals surface area contributed by atoms with Crippen molar-refractivity contribution in [2.75, 3.05) is 20.1 Å². The minimum atomic E-state index is 0. The lowest BCUT2D eigenvalue weighted by molar-refractivity contribution is 0.247. The van der Waals surface area contributed by atoms with Gasteiger partial charge in [-0.1, -0.05) is 19.0 Å². The molecule has 0 bridgehead atoms. The molecule has 0 aliphatic heterocycles. The predicted molar refractivity (Wildman–Crippen MR) is 114 cm³/mol. The second kappa shape index (κ2) is 11.0. The van der Waals surface area contributed by atoms with E-state index in [0.717, 1.165) is 55.0 Å². The molecule has 2 rings (SSSR count). The molecule has 1 aromatic heterocycles. The highest BCUT2D eigenvalue weighted by Gasteiger charge is 2.29. The Morgan fingerprint density at radius 1 is 1.28 bits per heavy atom. The van der Waals surface area contributed by atoms with Gasteiger partial charge in [0.25, 0.3) is 0 Å². The maximum atomic E-state index is 5.42. The molecule has 6 nitrogen and oxygen atoms in total. The van der Waals surface area contributed by atoms with Gasteiger partial charge in [0.05, 0.1) is 12.2 Å². The molecular weight excluding hydrogens is 429 g/mol. The quantitative estimate of drug-likeness (QED) is 0.335. The third-order valence-corrected chi connectivity index (χ3v) is 4.73. The van der Waals surface area contributed by atoms with E-state index in [1.807, 2.05) is 0 Å². The molecule has 7 heteroatoms. The van der Waals surface area contributed by atoms with Crippen molar-refractivity contribution in [2.24, 2.45) is 4.99 Å². The van der Waals surface area contributed by atoms with E-state index < -0.39 is 0 Å². The highest BCUT2D eigenvalue weighted by Crippen LogP contribution is 2.26. The van der Waals surface area contributed by atoms with Gasteiger partial charge >= 0.3 is 0 Å².